The summed E-state index contributed by atoms with van der Waals surface area (Å²) in [6.07, 6.45) is 2.83. The highest BCUT2D eigenvalue weighted by Gasteiger charge is 2.47. The van der Waals surface area contributed by atoms with Crippen LogP contribution in [0.25, 0.3) is 0 Å². The van der Waals surface area contributed by atoms with Gasteiger partial charge in [-0.2, -0.15) is 8.42 Å². The molecule has 2 fully saturated rings. The number of hydrogen-bond donors (Lipinski definition) is 0. The number of hydrogen-bond acceptors (Lipinski definition) is 4. The van der Waals surface area contributed by atoms with Crippen LogP contribution in [-0.4, -0.2) is 44.5 Å². The summed E-state index contributed by atoms with van der Waals surface area (Å²) in [5.41, 5.74) is -0.0678. The van der Waals surface area contributed by atoms with Crippen molar-refractivity contribution in [3.05, 3.63) is 29.8 Å². The second-order valence-electron chi connectivity index (χ2n) is 5.55. The Bertz CT molecular complexity index is 669. The van der Waals surface area contributed by atoms with E-state index in [-0.39, 0.29) is 17.0 Å². The molecule has 21 heavy (non-hydrogen) atoms. The molecule has 0 unspecified atom stereocenters. The van der Waals surface area contributed by atoms with E-state index in [9.17, 15) is 17.1 Å². The summed E-state index contributed by atoms with van der Waals surface area (Å²) in [5, 5.41) is 0. The van der Waals surface area contributed by atoms with Crippen LogP contribution in [0.5, 0.6) is 0 Å². The summed E-state index contributed by atoms with van der Waals surface area (Å²) >= 11 is 0. The smallest absolute Gasteiger partial charge is 0.332 e. The fourth-order valence-corrected chi connectivity index (χ4v) is 3.49. The molecule has 1 saturated carbocycles. The predicted molar refractivity (Wildman–Crippen MR) is 73.2 cm³/mol. The van der Waals surface area contributed by atoms with E-state index in [1.807, 2.05) is 0 Å². The van der Waals surface area contributed by atoms with Gasteiger partial charge in [0.25, 0.3) is 5.91 Å². The van der Waals surface area contributed by atoms with Gasteiger partial charge in [0.2, 0.25) is 0 Å². The van der Waals surface area contributed by atoms with Crippen LogP contribution in [0.15, 0.2) is 29.2 Å². The van der Waals surface area contributed by atoms with E-state index in [1.54, 1.807) is 4.90 Å². The Morgan fingerprint density at radius 2 is 2.10 bits per heavy atom. The summed E-state index contributed by atoms with van der Waals surface area (Å²) in [4.78, 5) is 13.9. The molecule has 7 heteroatoms. The fraction of sp³-hybridized carbons (Fsp3) is 0.500. The molecule has 2 aliphatic rings. The van der Waals surface area contributed by atoms with Crippen molar-refractivity contribution in [2.24, 2.45) is 0 Å². The molecule has 1 heterocycles. The average molecular weight is 313 g/mol. The normalized spacial score (nSPS) is 21.1. The first kappa shape index (κ1) is 14.5. The van der Waals surface area contributed by atoms with E-state index in [0.717, 1.165) is 31.4 Å². The average Bonchev–Trinajstić information content (AvgIpc) is 2.44. The third kappa shape index (κ3) is 2.55. The Hall–Kier alpha value is -1.47. The zero-order chi connectivity index (χ0) is 15.1. The lowest BCUT2D eigenvalue weighted by Gasteiger charge is -2.52. The van der Waals surface area contributed by atoms with Crippen molar-refractivity contribution in [1.29, 1.82) is 0 Å². The lowest BCUT2D eigenvalue weighted by atomic mass is 9.75. The van der Waals surface area contributed by atoms with Crippen LogP contribution in [-0.2, 0) is 15.0 Å². The molecule has 1 aliphatic heterocycles. The molecule has 0 N–H and O–H groups in total. The minimum absolute atomic E-state index is 0.196. The number of carbonyl (C=O) groups excluding carboxylic acids is 1. The molecule has 5 nitrogen and oxygen atoms in total. The lowest BCUT2D eigenvalue weighted by molar-refractivity contribution is -0.0877. The Kier molecular flexibility index (Phi) is 3.49. The van der Waals surface area contributed by atoms with E-state index in [2.05, 4.69) is 0 Å². The van der Waals surface area contributed by atoms with Crippen molar-refractivity contribution >= 4 is 16.1 Å². The van der Waals surface area contributed by atoms with Gasteiger partial charge in [-0.25, -0.2) is 0 Å². The van der Waals surface area contributed by atoms with Gasteiger partial charge in [0.1, 0.15) is 0 Å². The highest BCUT2D eigenvalue weighted by molar-refractivity contribution is 7.86. The van der Waals surface area contributed by atoms with E-state index in [0.29, 0.717) is 19.8 Å². The molecule has 1 saturated heterocycles. The number of amides is 1. The molecule has 1 aromatic carbocycles. The monoisotopic (exact) mass is 313 g/mol. The van der Waals surface area contributed by atoms with Gasteiger partial charge in [-0.05, 0) is 37.5 Å². The van der Waals surface area contributed by atoms with Gasteiger partial charge in [-0.1, -0.05) is 6.07 Å². The molecule has 0 bridgehead atoms. The van der Waals surface area contributed by atoms with Gasteiger partial charge in [-0.15, -0.1) is 3.89 Å². The minimum Gasteiger partial charge on any atom is -0.377 e. The van der Waals surface area contributed by atoms with Crippen LogP contribution in [0.3, 0.4) is 0 Å². The molecular weight excluding hydrogens is 297 g/mol. The first-order valence-corrected chi connectivity index (χ1v) is 8.25. The Labute approximate surface area is 122 Å². The van der Waals surface area contributed by atoms with E-state index >= 15 is 0 Å². The zero-order valence-electron chi connectivity index (χ0n) is 11.4. The Balaban J connectivity index is 1.91. The molecule has 1 spiro atoms. The first-order valence-electron chi connectivity index (χ1n) is 6.87. The molecular formula is C14H16FNO4S. The summed E-state index contributed by atoms with van der Waals surface area (Å²) in [7, 11) is -4.81. The minimum atomic E-state index is -4.81. The second-order valence-corrected chi connectivity index (χ2v) is 6.90. The summed E-state index contributed by atoms with van der Waals surface area (Å²) in [5.74, 6) is -0.261. The third-order valence-electron chi connectivity index (χ3n) is 4.29. The summed E-state index contributed by atoms with van der Waals surface area (Å²) in [6.45, 7) is 1.46. The van der Waals surface area contributed by atoms with Crippen molar-refractivity contribution in [2.75, 3.05) is 19.8 Å². The van der Waals surface area contributed by atoms with E-state index < -0.39 is 15.1 Å². The van der Waals surface area contributed by atoms with Crippen LogP contribution >= 0.6 is 0 Å². The number of benzene rings is 1. The molecule has 0 radical (unpaired) electrons. The Morgan fingerprint density at radius 1 is 1.33 bits per heavy atom. The van der Waals surface area contributed by atoms with Crippen LogP contribution in [0.2, 0.25) is 0 Å². The van der Waals surface area contributed by atoms with Gasteiger partial charge in [0, 0.05) is 12.1 Å². The second kappa shape index (κ2) is 5.06. The predicted octanol–water partition coefficient (Wildman–Crippen LogP) is 1.74. The largest absolute Gasteiger partial charge is 0.377 e. The maximum absolute atomic E-state index is 13.1. The molecule has 0 aromatic heterocycles. The molecule has 1 aliphatic carbocycles. The number of nitrogens with zero attached hydrogens (tertiary/aromatic N) is 1. The topological polar surface area (TPSA) is 63.7 Å². The molecule has 3 rings (SSSR count). The molecule has 0 atom stereocenters. The van der Waals surface area contributed by atoms with Crippen LogP contribution < -0.4 is 0 Å². The van der Waals surface area contributed by atoms with Gasteiger partial charge in [-0.3, -0.25) is 4.79 Å². The van der Waals surface area contributed by atoms with E-state index in [4.69, 9.17) is 4.74 Å². The van der Waals surface area contributed by atoms with Gasteiger partial charge in [0.15, 0.2) is 0 Å². The first-order chi connectivity index (χ1) is 9.92. The van der Waals surface area contributed by atoms with Crippen molar-refractivity contribution in [2.45, 2.75) is 29.7 Å². The highest BCUT2D eigenvalue weighted by Crippen LogP contribution is 2.40. The van der Waals surface area contributed by atoms with Crippen molar-refractivity contribution < 1.29 is 21.8 Å². The number of rotatable bonds is 2. The summed E-state index contributed by atoms with van der Waals surface area (Å²) < 4.78 is 40.5. The molecule has 114 valence electrons. The van der Waals surface area contributed by atoms with E-state index in [1.165, 1.54) is 12.1 Å². The van der Waals surface area contributed by atoms with Gasteiger partial charge in [0.05, 0.1) is 23.6 Å². The van der Waals surface area contributed by atoms with Crippen LogP contribution in [0.4, 0.5) is 3.89 Å². The maximum atomic E-state index is 13.1. The molecule has 1 amide bonds. The lowest BCUT2D eigenvalue weighted by Crippen LogP contribution is -2.62. The zero-order valence-corrected chi connectivity index (χ0v) is 12.2. The van der Waals surface area contributed by atoms with Crippen LogP contribution in [0, 0.1) is 0 Å². The van der Waals surface area contributed by atoms with Crippen molar-refractivity contribution in [3.8, 4) is 0 Å². The summed E-state index contributed by atoms with van der Waals surface area (Å²) in [6, 6.07) is 5.14. The van der Waals surface area contributed by atoms with Crippen molar-refractivity contribution in [3.63, 3.8) is 0 Å². The van der Waals surface area contributed by atoms with Crippen molar-refractivity contribution in [1.82, 2.24) is 4.90 Å². The highest BCUT2D eigenvalue weighted by atomic mass is 32.3. The van der Waals surface area contributed by atoms with Gasteiger partial charge >= 0.3 is 10.2 Å². The fourth-order valence-electron chi connectivity index (χ4n) is 2.99. The third-order valence-corrected chi connectivity index (χ3v) is 5.11. The standard InChI is InChI=1S/C14H16FNO4S/c15-21(18,19)12-4-1-3-11(9-12)13(17)16-7-8-20-10-14(16)5-2-6-14/h1,3-4,9H,2,5-8,10H2. The van der Waals surface area contributed by atoms with Gasteiger partial charge < -0.3 is 9.64 Å². The SMILES string of the molecule is O=C(c1cccc(S(=O)(=O)F)c1)N1CCOCC12CCC2. The number of halogens is 1. The number of ether oxygens (including phenoxy) is 1. The number of carbonyl (C=O) groups is 1. The Morgan fingerprint density at radius 3 is 2.71 bits per heavy atom. The number of morpholine rings is 1. The quantitative estimate of drug-likeness (QED) is 0.780. The molecule has 1 aromatic rings. The van der Waals surface area contributed by atoms with Crippen LogP contribution in [0.1, 0.15) is 29.6 Å². The maximum Gasteiger partial charge on any atom is 0.332 e.